The largest absolute Gasteiger partial charge is 0.303 e. The lowest BCUT2D eigenvalue weighted by Gasteiger charge is -2.17. The van der Waals surface area contributed by atoms with Gasteiger partial charge in [-0.15, -0.1) is 11.6 Å². The predicted octanol–water partition coefficient (Wildman–Crippen LogP) is 2.41. The van der Waals surface area contributed by atoms with E-state index in [0.717, 1.165) is 43.3 Å². The highest BCUT2D eigenvalue weighted by atomic mass is 35.5. The summed E-state index contributed by atoms with van der Waals surface area (Å²) < 4.78 is 0. The number of aryl methyl sites for hydroxylation is 1. The van der Waals surface area contributed by atoms with Gasteiger partial charge in [0.1, 0.15) is 5.82 Å². The van der Waals surface area contributed by atoms with Gasteiger partial charge in [0.15, 0.2) is 0 Å². The van der Waals surface area contributed by atoms with Crippen molar-refractivity contribution in [3.63, 3.8) is 0 Å². The lowest BCUT2D eigenvalue weighted by Crippen LogP contribution is -2.26. The fourth-order valence-corrected chi connectivity index (χ4v) is 1.82. The molecule has 0 bridgehead atoms. The number of likely N-dealkylation sites (N-methyl/N-ethyl adjacent to an activating group) is 1. The molecule has 90 valence electrons. The fourth-order valence-electron chi connectivity index (χ4n) is 1.68. The SMILES string of the molecule is CCN(CC)CCc1nc(C)cc(CCl)n1. The van der Waals surface area contributed by atoms with Gasteiger partial charge in [-0.05, 0) is 26.1 Å². The highest BCUT2D eigenvalue weighted by Gasteiger charge is 2.04. The Bertz CT molecular complexity index is 324. The molecule has 16 heavy (non-hydrogen) atoms. The van der Waals surface area contributed by atoms with Crippen LogP contribution in [0.2, 0.25) is 0 Å². The monoisotopic (exact) mass is 241 g/mol. The van der Waals surface area contributed by atoms with Crippen LogP contribution in [0.5, 0.6) is 0 Å². The number of hydrogen-bond donors (Lipinski definition) is 0. The summed E-state index contributed by atoms with van der Waals surface area (Å²) in [6.45, 7) is 9.49. The summed E-state index contributed by atoms with van der Waals surface area (Å²) in [4.78, 5) is 11.2. The van der Waals surface area contributed by atoms with Crippen molar-refractivity contribution in [3.8, 4) is 0 Å². The van der Waals surface area contributed by atoms with Crippen LogP contribution in [-0.2, 0) is 12.3 Å². The Hall–Kier alpha value is -0.670. The van der Waals surface area contributed by atoms with Crippen molar-refractivity contribution < 1.29 is 0 Å². The molecule has 0 saturated carbocycles. The van der Waals surface area contributed by atoms with Crippen LogP contribution in [0.3, 0.4) is 0 Å². The highest BCUT2D eigenvalue weighted by molar-refractivity contribution is 6.16. The Balaban J connectivity index is 2.62. The first-order valence-corrected chi connectivity index (χ1v) is 6.34. The van der Waals surface area contributed by atoms with Crippen molar-refractivity contribution in [2.24, 2.45) is 0 Å². The third kappa shape index (κ3) is 4.06. The summed E-state index contributed by atoms with van der Waals surface area (Å²) in [5, 5.41) is 0. The maximum atomic E-state index is 5.79. The molecule has 1 heterocycles. The molecule has 0 N–H and O–H groups in total. The van der Waals surface area contributed by atoms with Crippen molar-refractivity contribution in [2.45, 2.75) is 33.1 Å². The smallest absolute Gasteiger partial charge is 0.130 e. The lowest BCUT2D eigenvalue weighted by molar-refractivity contribution is 0.305. The molecular weight excluding hydrogens is 222 g/mol. The predicted molar refractivity (Wildman–Crippen MR) is 67.8 cm³/mol. The molecule has 0 fully saturated rings. The number of hydrogen-bond acceptors (Lipinski definition) is 3. The average molecular weight is 242 g/mol. The molecule has 0 unspecified atom stereocenters. The van der Waals surface area contributed by atoms with E-state index in [2.05, 4.69) is 28.7 Å². The first kappa shape index (κ1) is 13.4. The topological polar surface area (TPSA) is 29.0 Å². The van der Waals surface area contributed by atoms with Crippen LogP contribution >= 0.6 is 11.6 Å². The molecule has 0 spiro atoms. The van der Waals surface area contributed by atoms with Crippen LogP contribution in [0, 0.1) is 6.92 Å². The third-order valence-corrected chi connectivity index (χ3v) is 2.91. The van der Waals surface area contributed by atoms with Gasteiger partial charge in [-0.3, -0.25) is 0 Å². The minimum absolute atomic E-state index is 0.460. The zero-order valence-corrected chi connectivity index (χ0v) is 11.1. The molecule has 1 aromatic rings. The van der Waals surface area contributed by atoms with Crippen molar-refractivity contribution in [1.29, 1.82) is 0 Å². The summed E-state index contributed by atoms with van der Waals surface area (Å²) in [5.41, 5.74) is 1.92. The van der Waals surface area contributed by atoms with Gasteiger partial charge in [0.2, 0.25) is 0 Å². The molecule has 0 saturated heterocycles. The van der Waals surface area contributed by atoms with E-state index < -0.39 is 0 Å². The second-order valence-corrected chi connectivity index (χ2v) is 4.09. The van der Waals surface area contributed by atoms with E-state index in [9.17, 15) is 0 Å². The van der Waals surface area contributed by atoms with Crippen molar-refractivity contribution in [2.75, 3.05) is 19.6 Å². The van der Waals surface area contributed by atoms with Crippen LogP contribution in [0.4, 0.5) is 0 Å². The molecule has 0 atom stereocenters. The second kappa shape index (κ2) is 6.81. The second-order valence-electron chi connectivity index (χ2n) is 3.83. The van der Waals surface area contributed by atoms with Gasteiger partial charge in [0, 0.05) is 18.7 Å². The zero-order valence-electron chi connectivity index (χ0n) is 10.3. The van der Waals surface area contributed by atoms with Gasteiger partial charge in [-0.2, -0.15) is 0 Å². The number of halogens is 1. The number of alkyl halides is 1. The fraction of sp³-hybridized carbons (Fsp3) is 0.667. The standard InChI is InChI=1S/C12H20ClN3/c1-4-16(5-2)7-6-12-14-10(3)8-11(9-13)15-12/h8H,4-7,9H2,1-3H3. The first-order chi connectivity index (χ1) is 7.69. The van der Waals surface area contributed by atoms with Crippen LogP contribution < -0.4 is 0 Å². The van der Waals surface area contributed by atoms with E-state index in [-0.39, 0.29) is 0 Å². The summed E-state index contributed by atoms with van der Waals surface area (Å²) in [6.07, 6.45) is 0.896. The molecule has 0 aromatic carbocycles. The van der Waals surface area contributed by atoms with E-state index in [1.54, 1.807) is 0 Å². The Labute approximate surface area is 103 Å². The van der Waals surface area contributed by atoms with Gasteiger partial charge < -0.3 is 4.90 Å². The molecule has 0 radical (unpaired) electrons. The molecule has 0 aliphatic carbocycles. The van der Waals surface area contributed by atoms with Gasteiger partial charge in [0.05, 0.1) is 11.6 Å². The van der Waals surface area contributed by atoms with Crippen molar-refractivity contribution in [1.82, 2.24) is 14.9 Å². The Morgan fingerprint density at radius 2 is 1.94 bits per heavy atom. The Morgan fingerprint density at radius 1 is 1.25 bits per heavy atom. The van der Waals surface area contributed by atoms with Gasteiger partial charge in [0.25, 0.3) is 0 Å². The Kier molecular flexibility index (Phi) is 5.71. The van der Waals surface area contributed by atoms with E-state index in [0.29, 0.717) is 5.88 Å². The zero-order chi connectivity index (χ0) is 12.0. The third-order valence-electron chi connectivity index (χ3n) is 2.64. The van der Waals surface area contributed by atoms with Gasteiger partial charge in [-0.25, -0.2) is 9.97 Å². The number of rotatable bonds is 6. The molecule has 0 aliphatic heterocycles. The summed E-state index contributed by atoms with van der Waals surface area (Å²) in [7, 11) is 0. The summed E-state index contributed by atoms with van der Waals surface area (Å²) in [5.74, 6) is 1.37. The van der Waals surface area contributed by atoms with Crippen LogP contribution in [0.15, 0.2) is 6.07 Å². The molecule has 1 rings (SSSR count). The molecular formula is C12H20ClN3. The van der Waals surface area contributed by atoms with E-state index >= 15 is 0 Å². The van der Waals surface area contributed by atoms with E-state index in [1.807, 2.05) is 13.0 Å². The maximum absolute atomic E-state index is 5.79. The minimum atomic E-state index is 0.460. The van der Waals surface area contributed by atoms with E-state index in [1.165, 1.54) is 0 Å². The summed E-state index contributed by atoms with van der Waals surface area (Å²) >= 11 is 5.79. The van der Waals surface area contributed by atoms with Crippen LogP contribution in [0.25, 0.3) is 0 Å². The molecule has 1 aromatic heterocycles. The van der Waals surface area contributed by atoms with Crippen molar-refractivity contribution >= 4 is 11.6 Å². The highest BCUT2D eigenvalue weighted by Crippen LogP contribution is 2.04. The number of aromatic nitrogens is 2. The average Bonchev–Trinajstić information content (AvgIpc) is 2.29. The lowest BCUT2D eigenvalue weighted by atomic mass is 10.3. The molecule has 0 amide bonds. The van der Waals surface area contributed by atoms with Crippen LogP contribution in [0.1, 0.15) is 31.1 Å². The minimum Gasteiger partial charge on any atom is -0.303 e. The first-order valence-electron chi connectivity index (χ1n) is 5.81. The Morgan fingerprint density at radius 3 is 2.50 bits per heavy atom. The van der Waals surface area contributed by atoms with Crippen LogP contribution in [-0.4, -0.2) is 34.5 Å². The quantitative estimate of drug-likeness (QED) is 0.717. The van der Waals surface area contributed by atoms with E-state index in [4.69, 9.17) is 11.6 Å². The van der Waals surface area contributed by atoms with Gasteiger partial charge in [-0.1, -0.05) is 13.8 Å². The van der Waals surface area contributed by atoms with Gasteiger partial charge >= 0.3 is 0 Å². The number of nitrogens with zero attached hydrogens (tertiary/aromatic N) is 3. The molecule has 0 aliphatic rings. The molecule has 4 heteroatoms. The summed E-state index contributed by atoms with van der Waals surface area (Å²) in [6, 6.07) is 1.94. The van der Waals surface area contributed by atoms with Crippen molar-refractivity contribution in [3.05, 3.63) is 23.3 Å². The normalized spacial score (nSPS) is 11.1. The maximum Gasteiger partial charge on any atom is 0.130 e. The molecule has 3 nitrogen and oxygen atoms in total.